The summed E-state index contributed by atoms with van der Waals surface area (Å²) in [6.45, 7) is 6.06. The first-order chi connectivity index (χ1) is 22.2. The third kappa shape index (κ3) is 3.89. The van der Waals surface area contributed by atoms with E-state index >= 15 is 0 Å². The van der Waals surface area contributed by atoms with Gasteiger partial charge in [0.2, 0.25) is 5.88 Å². The predicted octanol–water partition coefficient (Wildman–Crippen LogP) is 4.33. The average molecular weight is 642 g/mol. The number of nitrogens with two attached hydrogens (primary N) is 1. The number of anilines is 2. The van der Waals surface area contributed by atoms with Crippen LogP contribution >= 0.6 is 11.3 Å². The molecule has 240 valence electrons. The number of aliphatic hydroxyl groups is 1. The summed E-state index contributed by atoms with van der Waals surface area (Å²) < 4.78 is 14.7. The topological polar surface area (TPSA) is 155 Å². The van der Waals surface area contributed by atoms with E-state index in [0.29, 0.717) is 59.2 Å². The second-order valence-electron chi connectivity index (χ2n) is 14.4. The van der Waals surface area contributed by atoms with Crippen molar-refractivity contribution >= 4 is 33.2 Å². The summed E-state index contributed by atoms with van der Waals surface area (Å²) in [5.74, 6) is 2.62. The van der Waals surface area contributed by atoms with E-state index in [1.165, 1.54) is 4.88 Å². The maximum absolute atomic E-state index is 11.2. The Hall–Kier alpha value is -3.73. The molecule has 2 aliphatic carbocycles. The van der Waals surface area contributed by atoms with Gasteiger partial charge in [-0.25, -0.2) is 14.6 Å². The summed E-state index contributed by atoms with van der Waals surface area (Å²) in [6.07, 6.45) is 8.02. The van der Waals surface area contributed by atoms with Gasteiger partial charge < -0.3 is 29.9 Å². The highest BCUT2D eigenvalue weighted by Crippen LogP contribution is 2.55. The summed E-state index contributed by atoms with van der Waals surface area (Å²) in [5, 5.41) is 32.5. The molecule has 7 heterocycles. The van der Waals surface area contributed by atoms with Crippen LogP contribution in [-0.4, -0.2) is 79.3 Å². The van der Waals surface area contributed by atoms with Crippen LogP contribution < -0.4 is 15.4 Å². The lowest BCUT2D eigenvalue weighted by atomic mass is 9.63. The lowest BCUT2D eigenvalue weighted by molar-refractivity contribution is 0.0320. The zero-order valence-electron chi connectivity index (χ0n) is 26.5. The highest BCUT2D eigenvalue weighted by atomic mass is 32.1. The van der Waals surface area contributed by atoms with E-state index in [4.69, 9.17) is 35.2 Å². The number of likely N-dealkylation sites (N-methyl/N-ethyl adjacent to an activating group) is 1. The van der Waals surface area contributed by atoms with Crippen LogP contribution in [0.15, 0.2) is 4.52 Å². The smallest absolute Gasteiger partial charge is 0.246 e. The molecule has 5 atom stereocenters. The molecule has 5 aliphatic rings. The minimum absolute atomic E-state index is 0.0626. The molecule has 0 bridgehead atoms. The van der Waals surface area contributed by atoms with Crippen molar-refractivity contribution < 1.29 is 14.4 Å². The van der Waals surface area contributed by atoms with E-state index < -0.39 is 11.0 Å². The lowest BCUT2D eigenvalue weighted by Gasteiger charge is -2.42. The third-order valence-electron chi connectivity index (χ3n) is 11.5. The minimum atomic E-state index is -0.852. The maximum atomic E-state index is 11.2. The second kappa shape index (κ2) is 9.89. The molecule has 2 fully saturated rings. The Morgan fingerprint density at radius 2 is 2.00 bits per heavy atom. The second-order valence-corrected chi connectivity index (χ2v) is 15.5. The Kier molecular flexibility index (Phi) is 6.12. The van der Waals surface area contributed by atoms with E-state index in [2.05, 4.69) is 29.8 Å². The Morgan fingerprint density at radius 3 is 2.76 bits per heavy atom. The molecule has 2 saturated heterocycles. The van der Waals surface area contributed by atoms with Crippen molar-refractivity contribution in [2.24, 2.45) is 0 Å². The largest absolute Gasteiger partial charge is 0.474 e. The SMILES string of the molecule is CC([C@@H]1CCN1C)n1nc2c3c(nc(-c4noc5c4CCC[C@@]54CCCc5sc(N)c(C#N)c54)nc31)N1C[C@](C)(O)CC[C@@H]1CO2. The fourth-order valence-electron chi connectivity index (χ4n) is 9.02. The molecule has 0 radical (unpaired) electrons. The molecule has 12 nitrogen and oxygen atoms in total. The van der Waals surface area contributed by atoms with Crippen molar-refractivity contribution in [3.63, 3.8) is 0 Å². The number of fused-ring (bicyclic) bond motifs is 6. The van der Waals surface area contributed by atoms with Gasteiger partial charge in [0.15, 0.2) is 22.9 Å². The van der Waals surface area contributed by atoms with Crippen LogP contribution in [0.3, 0.4) is 0 Å². The molecule has 0 saturated carbocycles. The number of aromatic nitrogens is 5. The normalized spacial score (nSPS) is 29.3. The highest BCUT2D eigenvalue weighted by molar-refractivity contribution is 7.16. The Morgan fingerprint density at radius 1 is 1.17 bits per heavy atom. The Balaban J connectivity index is 1.24. The summed E-state index contributed by atoms with van der Waals surface area (Å²) in [7, 11) is 2.15. The zero-order chi connectivity index (χ0) is 31.5. The van der Waals surface area contributed by atoms with E-state index in [9.17, 15) is 10.4 Å². The Labute approximate surface area is 271 Å². The van der Waals surface area contributed by atoms with Gasteiger partial charge in [0, 0.05) is 23.0 Å². The van der Waals surface area contributed by atoms with Crippen LogP contribution in [-0.2, 0) is 18.3 Å². The van der Waals surface area contributed by atoms with E-state index in [-0.39, 0.29) is 12.1 Å². The zero-order valence-corrected chi connectivity index (χ0v) is 27.4. The molecule has 1 unspecified atom stereocenters. The fourth-order valence-corrected chi connectivity index (χ4v) is 10.2. The Bertz CT molecular complexity index is 1930. The molecule has 0 aromatic carbocycles. The molecule has 3 aliphatic heterocycles. The van der Waals surface area contributed by atoms with Crippen molar-refractivity contribution in [2.75, 3.05) is 37.4 Å². The van der Waals surface area contributed by atoms with Gasteiger partial charge >= 0.3 is 0 Å². The summed E-state index contributed by atoms with van der Waals surface area (Å²) >= 11 is 1.55. The quantitative estimate of drug-likeness (QED) is 0.328. The van der Waals surface area contributed by atoms with Crippen LogP contribution in [0.5, 0.6) is 5.88 Å². The number of hydrogen-bond donors (Lipinski definition) is 2. The van der Waals surface area contributed by atoms with Crippen molar-refractivity contribution in [3.05, 3.63) is 27.3 Å². The number of thiophene rings is 1. The number of piperidine rings is 1. The number of nitriles is 1. The van der Waals surface area contributed by atoms with Crippen LogP contribution in [0.2, 0.25) is 0 Å². The van der Waals surface area contributed by atoms with Gasteiger partial charge in [-0.2, -0.15) is 5.26 Å². The van der Waals surface area contributed by atoms with Crippen LogP contribution in [0.4, 0.5) is 10.8 Å². The summed E-state index contributed by atoms with van der Waals surface area (Å²) in [6, 6.07) is 2.89. The average Bonchev–Trinajstić information content (AvgIpc) is 3.70. The summed E-state index contributed by atoms with van der Waals surface area (Å²) in [5.41, 5.74) is 9.13. The number of ether oxygens (including phenoxy) is 1. The van der Waals surface area contributed by atoms with Crippen LogP contribution in [0, 0.1) is 11.3 Å². The fraction of sp³-hybridized carbons (Fsp3) is 0.606. The van der Waals surface area contributed by atoms with E-state index in [1.54, 1.807) is 11.3 Å². The number of rotatable bonds is 3. The van der Waals surface area contributed by atoms with Crippen molar-refractivity contribution in [2.45, 2.75) is 101 Å². The van der Waals surface area contributed by atoms with E-state index in [0.717, 1.165) is 86.0 Å². The van der Waals surface area contributed by atoms with Gasteiger partial charge in [-0.3, -0.25) is 0 Å². The first-order valence-electron chi connectivity index (χ1n) is 16.6. The predicted molar refractivity (Wildman–Crippen MR) is 173 cm³/mol. The van der Waals surface area contributed by atoms with Gasteiger partial charge in [-0.1, -0.05) is 5.16 Å². The molecule has 4 aromatic heterocycles. The molecular weight excluding hydrogens is 602 g/mol. The van der Waals surface area contributed by atoms with Gasteiger partial charge in [0.1, 0.15) is 28.9 Å². The van der Waals surface area contributed by atoms with Gasteiger partial charge in [0.25, 0.3) is 0 Å². The molecule has 4 aromatic rings. The molecular formula is C33H39N9O3S. The molecule has 3 N–H and O–H groups in total. The van der Waals surface area contributed by atoms with Crippen molar-refractivity contribution in [1.29, 1.82) is 5.26 Å². The van der Waals surface area contributed by atoms with E-state index in [1.807, 2.05) is 11.6 Å². The first-order valence-corrected chi connectivity index (χ1v) is 17.4. The van der Waals surface area contributed by atoms with Crippen LogP contribution in [0.1, 0.15) is 92.2 Å². The summed E-state index contributed by atoms with van der Waals surface area (Å²) in [4.78, 5) is 16.2. The number of hydrogen-bond acceptors (Lipinski definition) is 12. The van der Waals surface area contributed by atoms with Gasteiger partial charge in [-0.15, -0.1) is 16.4 Å². The molecule has 13 heteroatoms. The third-order valence-corrected chi connectivity index (χ3v) is 12.6. The number of nitrogen functional groups attached to an aromatic ring is 1. The highest BCUT2D eigenvalue weighted by Gasteiger charge is 2.49. The van der Waals surface area contributed by atoms with Gasteiger partial charge in [0.05, 0.1) is 28.7 Å². The molecule has 0 amide bonds. The van der Waals surface area contributed by atoms with Crippen LogP contribution in [0.25, 0.3) is 22.6 Å². The van der Waals surface area contributed by atoms with Crippen molar-refractivity contribution in [1.82, 2.24) is 29.8 Å². The minimum Gasteiger partial charge on any atom is -0.474 e. The number of nitrogens with zero attached hydrogens (tertiary/aromatic N) is 8. The first kappa shape index (κ1) is 28.5. The molecule has 9 rings (SSSR count). The maximum Gasteiger partial charge on any atom is 0.246 e. The number of aryl methyl sites for hydroxylation is 1. The van der Waals surface area contributed by atoms with Crippen molar-refractivity contribution in [3.8, 4) is 23.5 Å². The lowest BCUT2D eigenvalue weighted by Crippen LogP contribution is -2.53. The van der Waals surface area contributed by atoms with Gasteiger partial charge in [-0.05, 0) is 90.8 Å². The molecule has 1 spiro atoms. The standard InChI is InChI=1S/C33H39N9O3S/c1-17(21-9-13-40(21)3)42-30-23-29(41-16-32(2,43)12-8-18(41)15-44-31(23)38-42)36-28(37-30)25-19-6-4-10-33(26(19)45-39-25)11-5-7-22-24(33)20(14-34)27(35)46-22/h17-18,21,43H,4-13,15-16,35H2,1-3H3/t17?,18-,21+,32-,33+/m1/s1. The number of likely N-dealkylation sites (tertiary alicyclic amines) is 1. The monoisotopic (exact) mass is 641 g/mol. The molecule has 46 heavy (non-hydrogen) atoms.